The van der Waals surface area contributed by atoms with Crippen molar-refractivity contribution < 1.29 is 32.6 Å². The molecule has 5 heterocycles. The summed E-state index contributed by atoms with van der Waals surface area (Å²) in [6, 6.07) is 3.91. The predicted molar refractivity (Wildman–Crippen MR) is 144 cm³/mol. The summed E-state index contributed by atoms with van der Waals surface area (Å²) in [6.45, 7) is -0.982. The van der Waals surface area contributed by atoms with Crippen LogP contribution in [0.1, 0.15) is 16.8 Å². The Bertz CT molecular complexity index is 1970. The monoisotopic (exact) mass is 570 g/mol. The molecule has 41 heavy (non-hydrogen) atoms. The van der Waals surface area contributed by atoms with Crippen LogP contribution in [-0.2, 0) is 7.05 Å². The van der Waals surface area contributed by atoms with E-state index in [4.69, 9.17) is 0 Å². The summed E-state index contributed by atoms with van der Waals surface area (Å²) in [7, 11) is 3.12. The van der Waals surface area contributed by atoms with Gasteiger partial charge in [0.2, 0.25) is 5.43 Å². The number of H-pyrrole nitrogens is 1. The Kier molecular flexibility index (Phi) is 5.75. The molecular formula is C27H22F4N6O4. The average Bonchev–Trinajstić information content (AvgIpc) is 3.50. The van der Waals surface area contributed by atoms with Crippen molar-refractivity contribution in [1.29, 1.82) is 0 Å². The maximum absolute atomic E-state index is 14.7. The molecular weight excluding hydrogens is 548 g/mol. The number of nitrogens with zero attached hydrogens (tertiary/aromatic N) is 4. The van der Waals surface area contributed by atoms with Crippen LogP contribution in [0.4, 0.5) is 28.9 Å². The number of aromatic nitrogens is 4. The molecule has 4 aromatic heterocycles. The van der Waals surface area contributed by atoms with Crippen LogP contribution in [0.15, 0.2) is 41.6 Å². The molecule has 0 spiro atoms. The number of aromatic amines is 1. The van der Waals surface area contributed by atoms with Crippen LogP contribution < -0.4 is 15.6 Å². The number of hydrogen-bond donors (Lipinski definition) is 4. The summed E-state index contributed by atoms with van der Waals surface area (Å²) in [5.41, 5.74) is -2.16. The van der Waals surface area contributed by atoms with Crippen molar-refractivity contribution in [3.8, 4) is 11.1 Å². The first-order valence-electron chi connectivity index (χ1n) is 12.4. The van der Waals surface area contributed by atoms with Gasteiger partial charge >= 0.3 is 12.1 Å². The number of pyridine rings is 3. The van der Waals surface area contributed by atoms with E-state index in [1.165, 1.54) is 47.1 Å². The molecule has 6 rings (SSSR count). The second-order valence-corrected chi connectivity index (χ2v) is 10.1. The minimum absolute atomic E-state index is 0.0217. The van der Waals surface area contributed by atoms with Crippen molar-refractivity contribution in [3.05, 3.63) is 58.4 Å². The number of rotatable bonds is 4. The Morgan fingerprint density at radius 3 is 2.59 bits per heavy atom. The molecule has 1 aliphatic rings. The molecule has 1 fully saturated rings. The van der Waals surface area contributed by atoms with Crippen molar-refractivity contribution in [2.75, 3.05) is 30.4 Å². The third-order valence-corrected chi connectivity index (χ3v) is 7.58. The van der Waals surface area contributed by atoms with Crippen LogP contribution >= 0.6 is 0 Å². The normalized spacial score (nSPS) is 17.7. The van der Waals surface area contributed by atoms with Crippen molar-refractivity contribution in [2.45, 2.75) is 18.2 Å². The number of benzene rings is 1. The highest BCUT2D eigenvalue weighted by atomic mass is 19.4. The van der Waals surface area contributed by atoms with Crippen molar-refractivity contribution >= 4 is 50.3 Å². The van der Waals surface area contributed by atoms with Gasteiger partial charge in [-0.2, -0.15) is 13.2 Å². The van der Waals surface area contributed by atoms with Gasteiger partial charge in [-0.05, 0) is 18.2 Å². The summed E-state index contributed by atoms with van der Waals surface area (Å²) in [6.07, 6.45) is -1.56. The van der Waals surface area contributed by atoms with Crippen LogP contribution in [0, 0.1) is 5.82 Å². The van der Waals surface area contributed by atoms with Gasteiger partial charge < -0.3 is 30.0 Å². The summed E-state index contributed by atoms with van der Waals surface area (Å²) in [5, 5.41) is 23.5. The minimum Gasteiger partial charge on any atom is -0.477 e. The number of fused-ring (bicyclic) bond motifs is 4. The van der Waals surface area contributed by atoms with E-state index in [0.717, 1.165) is 6.20 Å². The molecule has 1 aliphatic heterocycles. The number of carboxylic acids is 1. The lowest BCUT2D eigenvalue weighted by molar-refractivity contribution is -0.250. The van der Waals surface area contributed by atoms with E-state index in [2.05, 4.69) is 20.3 Å². The van der Waals surface area contributed by atoms with E-state index >= 15 is 0 Å². The average molecular weight is 571 g/mol. The molecule has 5 aromatic rings. The van der Waals surface area contributed by atoms with Gasteiger partial charge in [0.1, 0.15) is 22.7 Å². The predicted octanol–water partition coefficient (Wildman–Crippen LogP) is 4.01. The lowest BCUT2D eigenvalue weighted by atomic mass is 10.0. The van der Waals surface area contributed by atoms with Crippen molar-refractivity contribution in [2.24, 2.45) is 7.05 Å². The number of β-amino-alcohol motifs (C(OH)–C–C–N with tert-alkyl or cyclic N) is 1. The fraction of sp³-hybridized carbons (Fsp3) is 0.259. The van der Waals surface area contributed by atoms with Gasteiger partial charge in [-0.25, -0.2) is 19.2 Å². The Balaban J connectivity index is 1.68. The Morgan fingerprint density at radius 2 is 1.93 bits per heavy atom. The second kappa shape index (κ2) is 8.89. The van der Waals surface area contributed by atoms with E-state index < -0.39 is 47.5 Å². The van der Waals surface area contributed by atoms with E-state index in [9.17, 15) is 37.4 Å². The van der Waals surface area contributed by atoms with E-state index in [-0.39, 0.29) is 40.0 Å². The fourth-order valence-corrected chi connectivity index (χ4v) is 5.53. The first-order valence-corrected chi connectivity index (χ1v) is 12.4. The van der Waals surface area contributed by atoms with E-state index in [1.807, 2.05) is 0 Å². The SMILES string of the molecule is CNc1cc(F)cc2c1[nH]c1ncc(-c3cnc4c(c3)c(=O)c(C(=O)O)cn4C)c(N3CCC(O)(C(F)(F)F)C3)c12. The minimum atomic E-state index is -4.90. The number of nitrogens with one attached hydrogen (secondary N) is 2. The molecule has 1 unspecified atom stereocenters. The summed E-state index contributed by atoms with van der Waals surface area (Å²) in [5.74, 6) is -2.02. The van der Waals surface area contributed by atoms with E-state index in [1.54, 1.807) is 7.05 Å². The van der Waals surface area contributed by atoms with Crippen LogP contribution in [0.2, 0.25) is 0 Å². The molecule has 212 valence electrons. The van der Waals surface area contributed by atoms with Gasteiger partial charge in [0.25, 0.3) is 0 Å². The van der Waals surface area contributed by atoms with Gasteiger partial charge in [-0.3, -0.25) is 4.79 Å². The number of halogens is 4. The highest BCUT2D eigenvalue weighted by Gasteiger charge is 2.57. The molecule has 4 N–H and O–H groups in total. The molecule has 1 aromatic carbocycles. The van der Waals surface area contributed by atoms with Crippen molar-refractivity contribution in [1.82, 2.24) is 19.5 Å². The maximum atomic E-state index is 14.7. The summed E-state index contributed by atoms with van der Waals surface area (Å²) < 4.78 is 57.6. The van der Waals surface area contributed by atoms with Gasteiger partial charge in [0.15, 0.2) is 5.60 Å². The highest BCUT2D eigenvalue weighted by Crippen LogP contribution is 2.46. The number of aromatic carboxylic acids is 1. The molecule has 0 radical (unpaired) electrons. The molecule has 0 amide bonds. The molecule has 1 atom stereocenters. The molecule has 10 nitrogen and oxygen atoms in total. The Hall–Kier alpha value is -4.72. The number of aryl methyl sites for hydroxylation is 1. The number of carboxylic acid groups (broad SMARTS) is 1. The number of hydrogen-bond acceptors (Lipinski definition) is 7. The quantitative estimate of drug-likeness (QED) is 0.238. The fourth-order valence-electron chi connectivity index (χ4n) is 5.53. The summed E-state index contributed by atoms with van der Waals surface area (Å²) in [4.78, 5) is 37.9. The van der Waals surface area contributed by atoms with Crippen LogP contribution in [0.3, 0.4) is 0 Å². The molecule has 14 heteroatoms. The van der Waals surface area contributed by atoms with Gasteiger partial charge in [0, 0.05) is 62.2 Å². The second-order valence-electron chi connectivity index (χ2n) is 10.1. The highest BCUT2D eigenvalue weighted by molar-refractivity contribution is 6.18. The zero-order chi connectivity index (χ0) is 29.4. The topological polar surface area (TPSA) is 136 Å². The Labute approximate surface area is 227 Å². The third kappa shape index (κ3) is 3.96. The lowest BCUT2D eigenvalue weighted by Gasteiger charge is -2.28. The molecule has 0 aliphatic carbocycles. The summed E-state index contributed by atoms with van der Waals surface area (Å²) >= 11 is 0. The Morgan fingerprint density at radius 1 is 1.17 bits per heavy atom. The number of aliphatic hydroxyl groups is 1. The lowest BCUT2D eigenvalue weighted by Crippen LogP contribution is -2.47. The smallest absolute Gasteiger partial charge is 0.418 e. The largest absolute Gasteiger partial charge is 0.477 e. The molecule has 0 saturated carbocycles. The molecule has 0 bridgehead atoms. The van der Waals surface area contributed by atoms with Crippen LogP contribution in [0.5, 0.6) is 0 Å². The first-order chi connectivity index (χ1) is 19.3. The van der Waals surface area contributed by atoms with E-state index in [0.29, 0.717) is 22.0 Å². The first kappa shape index (κ1) is 26.5. The van der Waals surface area contributed by atoms with Gasteiger partial charge in [0.05, 0.1) is 34.2 Å². The zero-order valence-corrected chi connectivity index (χ0v) is 21.6. The van der Waals surface area contributed by atoms with Crippen LogP contribution in [-0.4, -0.2) is 67.6 Å². The third-order valence-electron chi connectivity index (χ3n) is 7.58. The van der Waals surface area contributed by atoms with Gasteiger partial charge in [-0.15, -0.1) is 0 Å². The maximum Gasteiger partial charge on any atom is 0.418 e. The standard InChI is InChI=1S/C27H22F4N6O4/c1-32-18-7-13(28)6-14-19-21(37-4-3-26(41,11-37)27(29,30)31)16(9-33-23(19)35-20(14)18)12-5-15-22(38)17(25(39)40)10-36(2)24(15)34-8-12/h5-10,32,41H,3-4,11H2,1-2H3,(H,33,35)(H,39,40). The van der Waals surface area contributed by atoms with Crippen molar-refractivity contribution in [3.63, 3.8) is 0 Å². The number of alkyl halides is 3. The van der Waals surface area contributed by atoms with Gasteiger partial charge in [-0.1, -0.05) is 0 Å². The molecule has 1 saturated heterocycles. The zero-order valence-electron chi connectivity index (χ0n) is 21.6. The van der Waals surface area contributed by atoms with Crippen LogP contribution in [0.25, 0.3) is 44.1 Å². The number of anilines is 2. The number of carbonyl (C=O) groups is 1.